The van der Waals surface area contributed by atoms with E-state index in [-0.39, 0.29) is 12.7 Å². The zero-order valence-corrected chi connectivity index (χ0v) is 11.6. The van der Waals surface area contributed by atoms with Crippen LogP contribution in [0.25, 0.3) is 0 Å². The number of nitrogens with one attached hydrogen (secondary N) is 1. The minimum atomic E-state index is -0.765. The Labute approximate surface area is 113 Å². The van der Waals surface area contributed by atoms with Crippen molar-refractivity contribution in [3.63, 3.8) is 0 Å². The lowest BCUT2D eigenvalue weighted by molar-refractivity contribution is -0.108. The molecular weight excluding hydrogens is 258 g/mol. The van der Waals surface area contributed by atoms with Gasteiger partial charge in [0.1, 0.15) is 4.08 Å². The van der Waals surface area contributed by atoms with Crippen LogP contribution in [-0.2, 0) is 9.53 Å². The summed E-state index contributed by atoms with van der Waals surface area (Å²) in [5.74, 6) is 0. The Balaban J connectivity index is 2.94. The number of carbonyl (C=O) groups is 1. The minimum absolute atomic E-state index is 0.0111. The first-order chi connectivity index (χ1) is 8.04. The number of ether oxygens (including phenoxy) is 1. The second kappa shape index (κ2) is 6.68. The summed E-state index contributed by atoms with van der Waals surface area (Å²) < 4.78 is 4.82. The van der Waals surface area contributed by atoms with Gasteiger partial charge < -0.3 is 15.2 Å². The van der Waals surface area contributed by atoms with Crippen molar-refractivity contribution in [1.29, 1.82) is 0 Å². The molecule has 0 radical (unpaired) electrons. The second-order valence-electron chi connectivity index (χ2n) is 4.07. The highest BCUT2D eigenvalue weighted by atomic mass is 32.2. The fourth-order valence-electron chi connectivity index (χ4n) is 2.02. The molecule has 1 amide bonds. The highest BCUT2D eigenvalue weighted by Crippen LogP contribution is 2.41. The summed E-state index contributed by atoms with van der Waals surface area (Å²) in [5.41, 5.74) is 1.47. The van der Waals surface area contributed by atoms with E-state index in [1.807, 2.05) is 0 Å². The normalized spacial score (nSPS) is 22.2. The molecule has 1 aliphatic rings. The lowest BCUT2D eigenvalue weighted by atomic mass is 10.00. The van der Waals surface area contributed by atoms with Gasteiger partial charge in [0.15, 0.2) is 0 Å². The van der Waals surface area contributed by atoms with Gasteiger partial charge in [-0.1, -0.05) is 0 Å². The molecule has 1 atom stereocenters. The first kappa shape index (κ1) is 14.9. The summed E-state index contributed by atoms with van der Waals surface area (Å²) in [6.45, 7) is 2.47. The summed E-state index contributed by atoms with van der Waals surface area (Å²) >= 11 is 9.11. The van der Waals surface area contributed by atoms with Crippen molar-refractivity contribution in [1.82, 2.24) is 5.32 Å². The van der Waals surface area contributed by atoms with E-state index in [0.29, 0.717) is 25.1 Å². The van der Waals surface area contributed by atoms with Crippen LogP contribution in [0.4, 0.5) is 0 Å². The largest absolute Gasteiger partial charge is 0.396 e. The lowest BCUT2D eigenvalue weighted by Crippen LogP contribution is -2.35. The second-order valence-corrected chi connectivity index (χ2v) is 5.83. The van der Waals surface area contributed by atoms with E-state index in [2.05, 4.69) is 30.6 Å². The molecule has 0 aromatic heterocycles. The van der Waals surface area contributed by atoms with Crippen LogP contribution < -0.4 is 5.32 Å². The van der Waals surface area contributed by atoms with Gasteiger partial charge >= 0.3 is 0 Å². The number of carbonyl (C=O) groups excluding carboxylic acids is 1. The van der Waals surface area contributed by atoms with E-state index in [4.69, 9.17) is 9.84 Å². The molecule has 0 spiro atoms. The van der Waals surface area contributed by atoms with Crippen LogP contribution in [0.3, 0.4) is 0 Å². The molecule has 0 aromatic rings. The third-order valence-corrected chi connectivity index (χ3v) is 4.03. The van der Waals surface area contributed by atoms with Crippen molar-refractivity contribution >= 4 is 31.7 Å². The van der Waals surface area contributed by atoms with E-state index in [1.54, 1.807) is 6.92 Å². The van der Waals surface area contributed by atoms with Gasteiger partial charge in [-0.3, -0.25) is 4.79 Å². The van der Waals surface area contributed by atoms with Gasteiger partial charge in [0.25, 0.3) is 0 Å². The van der Waals surface area contributed by atoms with E-state index in [1.165, 1.54) is 0 Å². The van der Waals surface area contributed by atoms with Gasteiger partial charge in [0.2, 0.25) is 6.41 Å². The summed E-state index contributed by atoms with van der Waals surface area (Å²) in [6.07, 6.45) is 2.80. The smallest absolute Gasteiger partial charge is 0.211 e. The van der Waals surface area contributed by atoms with Crippen molar-refractivity contribution in [3.05, 3.63) is 11.3 Å². The van der Waals surface area contributed by atoms with Crippen LogP contribution in [0.1, 0.15) is 26.2 Å². The molecule has 0 bridgehead atoms. The molecular formula is C11H19NO3S2. The summed E-state index contributed by atoms with van der Waals surface area (Å²) in [6, 6.07) is 0. The molecule has 1 fully saturated rings. The summed E-state index contributed by atoms with van der Waals surface area (Å²) in [7, 11) is 0. The molecule has 4 nitrogen and oxygen atoms in total. The molecule has 1 unspecified atom stereocenters. The third kappa shape index (κ3) is 3.64. The van der Waals surface area contributed by atoms with E-state index in [9.17, 15) is 4.79 Å². The predicted molar refractivity (Wildman–Crippen MR) is 73.3 cm³/mol. The van der Waals surface area contributed by atoms with Gasteiger partial charge in [0.05, 0.1) is 6.10 Å². The number of hydrogen-bond donors (Lipinski definition) is 4. The van der Waals surface area contributed by atoms with Crippen LogP contribution in [0.2, 0.25) is 0 Å². The van der Waals surface area contributed by atoms with E-state index in [0.717, 1.165) is 18.4 Å². The van der Waals surface area contributed by atoms with Crippen LogP contribution in [0.15, 0.2) is 11.3 Å². The molecule has 0 saturated carbocycles. The summed E-state index contributed by atoms with van der Waals surface area (Å²) in [4.78, 5) is 10.5. The number of allylic oxidation sites excluding steroid dienone is 1. The first-order valence-corrected chi connectivity index (χ1v) is 6.51. The number of aliphatic hydroxyl groups is 1. The van der Waals surface area contributed by atoms with Crippen molar-refractivity contribution in [2.24, 2.45) is 0 Å². The van der Waals surface area contributed by atoms with E-state index < -0.39 is 4.08 Å². The van der Waals surface area contributed by atoms with Crippen molar-refractivity contribution in [2.45, 2.75) is 36.4 Å². The fraction of sp³-hybridized carbons (Fsp3) is 0.727. The number of rotatable bonds is 6. The maximum Gasteiger partial charge on any atom is 0.211 e. The molecule has 1 aliphatic heterocycles. The average molecular weight is 277 g/mol. The Morgan fingerprint density at radius 3 is 2.82 bits per heavy atom. The Kier molecular flexibility index (Phi) is 5.85. The molecule has 2 N–H and O–H groups in total. The molecule has 6 heteroatoms. The number of aliphatic hydroxyl groups excluding tert-OH is 1. The Morgan fingerprint density at radius 1 is 1.65 bits per heavy atom. The molecule has 98 valence electrons. The highest BCUT2D eigenvalue weighted by Gasteiger charge is 2.39. The average Bonchev–Trinajstić information content (AvgIpc) is 2.79. The van der Waals surface area contributed by atoms with E-state index >= 15 is 0 Å². The Morgan fingerprint density at radius 2 is 2.35 bits per heavy atom. The van der Waals surface area contributed by atoms with Gasteiger partial charge in [0, 0.05) is 18.9 Å². The topological polar surface area (TPSA) is 58.6 Å². The highest BCUT2D eigenvalue weighted by molar-refractivity contribution is 8.01. The van der Waals surface area contributed by atoms with Crippen LogP contribution in [0, 0.1) is 0 Å². The monoisotopic (exact) mass is 277 g/mol. The zero-order valence-electron chi connectivity index (χ0n) is 9.85. The third-order valence-electron chi connectivity index (χ3n) is 2.91. The summed E-state index contributed by atoms with van der Waals surface area (Å²) in [5, 5.41) is 11.7. The van der Waals surface area contributed by atoms with Crippen molar-refractivity contribution in [3.8, 4) is 0 Å². The lowest BCUT2D eigenvalue weighted by Gasteiger charge is -2.32. The van der Waals surface area contributed by atoms with Crippen LogP contribution in [0.5, 0.6) is 0 Å². The molecule has 1 heterocycles. The number of amides is 1. The van der Waals surface area contributed by atoms with Gasteiger partial charge in [-0.2, -0.15) is 25.3 Å². The van der Waals surface area contributed by atoms with Gasteiger partial charge in [-0.15, -0.1) is 0 Å². The Hall–Kier alpha value is -0.170. The van der Waals surface area contributed by atoms with Crippen molar-refractivity contribution in [2.75, 3.05) is 13.2 Å². The SMILES string of the molecule is CC(NC=O)=C(CCO)C(S)(S)C1CCCO1. The maximum atomic E-state index is 10.5. The first-order valence-electron chi connectivity index (χ1n) is 5.61. The van der Waals surface area contributed by atoms with Gasteiger partial charge in [-0.25, -0.2) is 0 Å². The van der Waals surface area contributed by atoms with Crippen LogP contribution >= 0.6 is 25.3 Å². The molecule has 0 aromatic carbocycles. The predicted octanol–water partition coefficient (Wildman–Crippen LogP) is 1.12. The zero-order chi connectivity index (χ0) is 12.9. The molecule has 1 rings (SSSR count). The minimum Gasteiger partial charge on any atom is -0.396 e. The van der Waals surface area contributed by atoms with Crippen LogP contribution in [-0.4, -0.2) is 34.9 Å². The van der Waals surface area contributed by atoms with Crippen molar-refractivity contribution < 1.29 is 14.6 Å². The Bertz CT molecular complexity index is 299. The number of thiol groups is 2. The molecule has 0 aliphatic carbocycles. The molecule has 1 saturated heterocycles. The maximum absolute atomic E-state index is 10.5. The fourth-order valence-corrected chi connectivity index (χ4v) is 2.99. The number of hydrogen-bond acceptors (Lipinski definition) is 5. The standard InChI is InChI=1S/C11H19NO3S2/c1-8(12-7-14)9(4-5-13)11(16,17)10-3-2-6-15-10/h7,10,13,16-17H,2-6H2,1H3,(H,12,14). The van der Waals surface area contributed by atoms with Gasteiger partial charge in [-0.05, 0) is 31.8 Å². The molecule has 17 heavy (non-hydrogen) atoms. The quantitative estimate of drug-likeness (QED) is 0.334.